The average molecular weight is 263 g/mol. The molecule has 6 heteroatoms. The van der Waals surface area contributed by atoms with Crippen molar-refractivity contribution in [1.29, 1.82) is 0 Å². The number of hydrogen-bond donors (Lipinski definition) is 2. The summed E-state index contributed by atoms with van der Waals surface area (Å²) in [7, 11) is 0. The molecule has 0 fully saturated rings. The second-order valence-electron chi connectivity index (χ2n) is 4.62. The fourth-order valence-electron chi connectivity index (χ4n) is 2.18. The number of hydrogen-bond acceptors (Lipinski definition) is 3. The molecule has 102 valence electrons. The van der Waals surface area contributed by atoms with Gasteiger partial charge in [0.15, 0.2) is 0 Å². The van der Waals surface area contributed by atoms with Crippen LogP contribution in [-0.2, 0) is 22.4 Å². The van der Waals surface area contributed by atoms with Crippen molar-refractivity contribution in [2.75, 3.05) is 19.6 Å². The van der Waals surface area contributed by atoms with E-state index >= 15 is 0 Å². The molecule has 2 heterocycles. The number of amides is 2. The van der Waals surface area contributed by atoms with Gasteiger partial charge in [-0.1, -0.05) is 6.07 Å². The Hall–Kier alpha value is -2.11. The van der Waals surface area contributed by atoms with Crippen molar-refractivity contribution in [2.24, 2.45) is 0 Å². The lowest BCUT2D eigenvalue weighted by atomic mass is 10.1. The predicted molar refractivity (Wildman–Crippen MR) is 69.7 cm³/mol. The molecule has 0 radical (unpaired) electrons. The summed E-state index contributed by atoms with van der Waals surface area (Å²) in [5.41, 5.74) is 1.87. The maximum absolute atomic E-state index is 11.9. The van der Waals surface area contributed by atoms with Gasteiger partial charge in [-0.05, 0) is 12.0 Å². The highest BCUT2D eigenvalue weighted by molar-refractivity contribution is 5.83. The zero-order valence-corrected chi connectivity index (χ0v) is 10.9. The molecule has 0 aliphatic carbocycles. The molecule has 1 aliphatic rings. The standard InChI is InChI=1S/C13H17N3O3/c1-9(17)14-8-13(19)16-6-4-10-2-3-12(18)15-11(10)5-7-16/h2-3H,4-8H2,1H3,(H,14,17)(H,15,18). The molecule has 1 aromatic heterocycles. The molecule has 0 unspecified atom stereocenters. The molecule has 2 amide bonds. The van der Waals surface area contributed by atoms with Crippen LogP contribution in [-0.4, -0.2) is 41.3 Å². The number of nitrogens with one attached hydrogen (secondary N) is 2. The number of fused-ring (bicyclic) bond motifs is 1. The molecular weight excluding hydrogens is 246 g/mol. The Kier molecular flexibility index (Phi) is 3.99. The van der Waals surface area contributed by atoms with Crippen molar-refractivity contribution in [3.8, 4) is 0 Å². The van der Waals surface area contributed by atoms with E-state index in [4.69, 9.17) is 0 Å². The van der Waals surface area contributed by atoms with Crippen LogP contribution >= 0.6 is 0 Å². The van der Waals surface area contributed by atoms with E-state index in [9.17, 15) is 14.4 Å². The molecule has 0 saturated carbocycles. The Morgan fingerprint density at radius 1 is 1.32 bits per heavy atom. The first-order valence-electron chi connectivity index (χ1n) is 6.29. The SMILES string of the molecule is CC(=O)NCC(=O)N1CCc2ccc(=O)[nH]c2CC1. The van der Waals surface area contributed by atoms with Crippen LogP contribution in [0.25, 0.3) is 0 Å². The largest absolute Gasteiger partial charge is 0.347 e. The Labute approximate surface area is 110 Å². The van der Waals surface area contributed by atoms with Gasteiger partial charge in [0.05, 0.1) is 6.54 Å². The summed E-state index contributed by atoms with van der Waals surface area (Å²) in [6.45, 7) is 2.58. The molecule has 0 spiro atoms. The maximum atomic E-state index is 11.9. The van der Waals surface area contributed by atoms with Crippen LogP contribution < -0.4 is 10.9 Å². The van der Waals surface area contributed by atoms with Crippen molar-refractivity contribution in [3.05, 3.63) is 33.7 Å². The first kappa shape index (κ1) is 13.3. The van der Waals surface area contributed by atoms with E-state index in [0.29, 0.717) is 19.5 Å². The summed E-state index contributed by atoms with van der Waals surface area (Å²) >= 11 is 0. The van der Waals surface area contributed by atoms with Crippen LogP contribution in [0.1, 0.15) is 18.2 Å². The number of aromatic amines is 1. The van der Waals surface area contributed by atoms with Crippen LogP contribution in [0, 0.1) is 0 Å². The van der Waals surface area contributed by atoms with Gasteiger partial charge in [0.2, 0.25) is 17.4 Å². The third-order valence-electron chi connectivity index (χ3n) is 3.22. The number of nitrogens with zero attached hydrogens (tertiary/aromatic N) is 1. The summed E-state index contributed by atoms with van der Waals surface area (Å²) in [4.78, 5) is 38.5. The Bertz CT molecular complexity index is 550. The molecule has 0 atom stereocenters. The minimum Gasteiger partial charge on any atom is -0.347 e. The fourth-order valence-corrected chi connectivity index (χ4v) is 2.18. The van der Waals surface area contributed by atoms with E-state index in [1.165, 1.54) is 13.0 Å². The number of H-pyrrole nitrogens is 1. The summed E-state index contributed by atoms with van der Waals surface area (Å²) in [6.07, 6.45) is 1.36. The lowest BCUT2D eigenvalue weighted by Crippen LogP contribution is -2.40. The quantitative estimate of drug-likeness (QED) is 0.750. The van der Waals surface area contributed by atoms with Gasteiger partial charge in [-0.3, -0.25) is 14.4 Å². The Balaban J connectivity index is 2.01. The number of carbonyl (C=O) groups excluding carboxylic acids is 2. The van der Waals surface area contributed by atoms with Crippen LogP contribution in [0.5, 0.6) is 0 Å². The van der Waals surface area contributed by atoms with Crippen LogP contribution in [0.2, 0.25) is 0 Å². The lowest BCUT2D eigenvalue weighted by Gasteiger charge is -2.20. The average Bonchev–Trinajstić information content (AvgIpc) is 2.58. The van der Waals surface area contributed by atoms with E-state index in [1.54, 1.807) is 4.90 Å². The minimum absolute atomic E-state index is 0.0300. The van der Waals surface area contributed by atoms with Crippen molar-refractivity contribution in [2.45, 2.75) is 19.8 Å². The third-order valence-corrected chi connectivity index (χ3v) is 3.22. The van der Waals surface area contributed by atoms with E-state index < -0.39 is 0 Å². The van der Waals surface area contributed by atoms with Gasteiger partial charge in [0, 0.05) is 38.2 Å². The van der Waals surface area contributed by atoms with Crippen LogP contribution in [0.4, 0.5) is 0 Å². The zero-order chi connectivity index (χ0) is 13.8. The number of rotatable bonds is 2. The lowest BCUT2D eigenvalue weighted by molar-refractivity contribution is -0.132. The van der Waals surface area contributed by atoms with Gasteiger partial charge >= 0.3 is 0 Å². The first-order valence-corrected chi connectivity index (χ1v) is 6.29. The van der Waals surface area contributed by atoms with Gasteiger partial charge in [-0.25, -0.2) is 0 Å². The second-order valence-corrected chi connectivity index (χ2v) is 4.62. The van der Waals surface area contributed by atoms with Gasteiger partial charge < -0.3 is 15.2 Å². The van der Waals surface area contributed by atoms with Crippen molar-refractivity contribution in [1.82, 2.24) is 15.2 Å². The molecule has 2 rings (SSSR count). The fraction of sp³-hybridized carbons (Fsp3) is 0.462. The third kappa shape index (κ3) is 3.43. The van der Waals surface area contributed by atoms with Gasteiger partial charge in [-0.2, -0.15) is 0 Å². The molecule has 1 aromatic rings. The summed E-state index contributed by atoms with van der Waals surface area (Å²) in [5, 5.41) is 2.51. The van der Waals surface area contributed by atoms with Crippen molar-refractivity contribution in [3.63, 3.8) is 0 Å². The summed E-state index contributed by atoms with van der Waals surface area (Å²) < 4.78 is 0. The van der Waals surface area contributed by atoms with Crippen LogP contribution in [0.15, 0.2) is 16.9 Å². The van der Waals surface area contributed by atoms with Gasteiger partial charge in [0.1, 0.15) is 0 Å². The maximum Gasteiger partial charge on any atom is 0.248 e. The molecule has 1 aliphatic heterocycles. The van der Waals surface area contributed by atoms with Gasteiger partial charge in [-0.15, -0.1) is 0 Å². The highest BCUT2D eigenvalue weighted by atomic mass is 16.2. The molecular formula is C13H17N3O3. The zero-order valence-electron chi connectivity index (χ0n) is 10.9. The normalized spacial score (nSPS) is 14.5. The number of pyridine rings is 1. The minimum atomic E-state index is -0.212. The van der Waals surface area contributed by atoms with E-state index in [0.717, 1.165) is 17.7 Å². The van der Waals surface area contributed by atoms with E-state index in [-0.39, 0.29) is 23.9 Å². The van der Waals surface area contributed by atoms with E-state index in [2.05, 4.69) is 10.3 Å². The number of carbonyl (C=O) groups is 2. The highest BCUT2D eigenvalue weighted by Crippen LogP contribution is 2.11. The Morgan fingerprint density at radius 2 is 2.05 bits per heavy atom. The number of aromatic nitrogens is 1. The van der Waals surface area contributed by atoms with Crippen LogP contribution in [0.3, 0.4) is 0 Å². The van der Waals surface area contributed by atoms with Crippen molar-refractivity contribution >= 4 is 11.8 Å². The predicted octanol–water partition coefficient (Wildman–Crippen LogP) is -0.562. The first-order chi connectivity index (χ1) is 9.06. The smallest absolute Gasteiger partial charge is 0.248 e. The molecule has 6 nitrogen and oxygen atoms in total. The molecule has 0 aromatic carbocycles. The molecule has 0 bridgehead atoms. The second kappa shape index (κ2) is 5.69. The highest BCUT2D eigenvalue weighted by Gasteiger charge is 2.18. The van der Waals surface area contributed by atoms with Crippen molar-refractivity contribution < 1.29 is 9.59 Å². The molecule has 0 saturated heterocycles. The Morgan fingerprint density at radius 3 is 2.79 bits per heavy atom. The topological polar surface area (TPSA) is 82.3 Å². The summed E-state index contributed by atoms with van der Waals surface area (Å²) in [6, 6.07) is 3.32. The molecule has 19 heavy (non-hydrogen) atoms. The summed E-state index contributed by atoms with van der Waals surface area (Å²) in [5.74, 6) is -0.304. The van der Waals surface area contributed by atoms with E-state index in [1.807, 2.05) is 6.07 Å². The van der Waals surface area contributed by atoms with Gasteiger partial charge in [0.25, 0.3) is 0 Å². The monoisotopic (exact) mass is 263 g/mol. The molecule has 2 N–H and O–H groups in total.